The first-order chi connectivity index (χ1) is 12.0. The predicted octanol–water partition coefficient (Wildman–Crippen LogP) is 3.09. The van der Waals surface area contributed by atoms with Crippen molar-refractivity contribution >= 4 is 18.3 Å². The summed E-state index contributed by atoms with van der Waals surface area (Å²) in [4.78, 5) is 14.1. The van der Waals surface area contributed by atoms with Gasteiger partial charge in [-0.25, -0.2) is 9.07 Å². The zero-order valence-corrected chi connectivity index (χ0v) is 15.1. The monoisotopic (exact) mass is 374 g/mol. The summed E-state index contributed by atoms with van der Waals surface area (Å²) in [6.45, 7) is 0.389. The van der Waals surface area contributed by atoms with E-state index in [4.69, 9.17) is 5.73 Å². The molecule has 0 saturated carbocycles. The zero-order valence-electron chi connectivity index (χ0n) is 14.2. The Kier molecular flexibility index (Phi) is 6.49. The molecule has 0 unspecified atom stereocenters. The highest BCUT2D eigenvalue weighted by Gasteiger charge is 2.20. The van der Waals surface area contributed by atoms with Crippen LogP contribution in [0.1, 0.15) is 17.2 Å². The van der Waals surface area contributed by atoms with Gasteiger partial charge in [0, 0.05) is 25.4 Å². The third-order valence-corrected chi connectivity index (χ3v) is 3.95. The van der Waals surface area contributed by atoms with Gasteiger partial charge in [-0.3, -0.25) is 4.79 Å². The molecule has 3 aromatic rings. The molecule has 1 heterocycles. The van der Waals surface area contributed by atoms with Gasteiger partial charge < -0.3 is 10.6 Å². The molecule has 3 rings (SSSR count). The maximum absolute atomic E-state index is 13.0. The van der Waals surface area contributed by atoms with Gasteiger partial charge in [0.2, 0.25) is 5.91 Å². The van der Waals surface area contributed by atoms with Crippen molar-refractivity contribution in [3.8, 4) is 5.69 Å². The first-order valence-corrected chi connectivity index (χ1v) is 7.89. The molecule has 0 fully saturated rings. The minimum Gasteiger partial charge on any atom is -0.340 e. The van der Waals surface area contributed by atoms with Crippen molar-refractivity contribution in [3.05, 3.63) is 83.9 Å². The molecule has 1 amide bonds. The van der Waals surface area contributed by atoms with Crippen LogP contribution >= 0.6 is 12.4 Å². The minimum absolute atomic E-state index is 0. The van der Waals surface area contributed by atoms with E-state index in [1.54, 1.807) is 35.0 Å². The zero-order chi connectivity index (χ0) is 17.8. The van der Waals surface area contributed by atoms with E-state index in [-0.39, 0.29) is 24.1 Å². The molecular weight excluding hydrogens is 355 g/mol. The molecule has 0 saturated heterocycles. The topological polar surface area (TPSA) is 64.2 Å². The Hall–Kier alpha value is -2.70. The van der Waals surface area contributed by atoms with Crippen LogP contribution in [0.25, 0.3) is 5.69 Å². The first-order valence-electron chi connectivity index (χ1n) is 7.89. The molecule has 5 nitrogen and oxygen atoms in total. The van der Waals surface area contributed by atoms with Crippen LogP contribution in [0.3, 0.4) is 0 Å². The van der Waals surface area contributed by atoms with Gasteiger partial charge in [-0.1, -0.05) is 30.3 Å². The van der Waals surface area contributed by atoms with Crippen molar-refractivity contribution in [2.75, 3.05) is 7.05 Å². The van der Waals surface area contributed by atoms with Crippen molar-refractivity contribution < 1.29 is 9.18 Å². The highest BCUT2D eigenvalue weighted by atomic mass is 35.5. The van der Waals surface area contributed by atoms with E-state index in [0.717, 1.165) is 16.8 Å². The maximum atomic E-state index is 13.0. The molecule has 2 aromatic carbocycles. The summed E-state index contributed by atoms with van der Waals surface area (Å²) in [7, 11) is 1.71. The van der Waals surface area contributed by atoms with E-state index in [2.05, 4.69) is 5.10 Å². The number of aromatic nitrogens is 2. The molecule has 2 N–H and O–H groups in total. The smallest absolute Gasteiger partial charge is 0.244 e. The third kappa shape index (κ3) is 4.47. The standard InChI is InChI=1S/C19H19FN4O.ClH/c1-23(19(25)18(21)15-5-3-2-4-6-15)12-14-11-22-24(13-14)17-9-7-16(20)8-10-17;/h2-11,13,18H,12,21H2,1H3;1H/t18-;/m1./s1. The highest BCUT2D eigenvalue weighted by molar-refractivity contribution is 5.85. The molecule has 1 atom stereocenters. The Morgan fingerprint density at radius 2 is 1.85 bits per heavy atom. The summed E-state index contributed by atoms with van der Waals surface area (Å²) < 4.78 is 14.6. The second-order valence-electron chi connectivity index (χ2n) is 5.85. The number of carbonyl (C=O) groups excluding carboxylic acids is 1. The average molecular weight is 375 g/mol. The number of hydrogen-bond acceptors (Lipinski definition) is 3. The lowest BCUT2D eigenvalue weighted by Crippen LogP contribution is -2.35. The average Bonchev–Trinajstić information content (AvgIpc) is 3.10. The van der Waals surface area contributed by atoms with Crippen molar-refractivity contribution in [2.45, 2.75) is 12.6 Å². The fourth-order valence-electron chi connectivity index (χ4n) is 2.57. The molecule has 0 radical (unpaired) electrons. The Bertz CT molecular complexity index is 851. The van der Waals surface area contributed by atoms with Crippen LogP contribution < -0.4 is 5.73 Å². The molecule has 0 bridgehead atoms. The number of likely N-dealkylation sites (N-methyl/N-ethyl adjacent to an activating group) is 1. The number of amides is 1. The van der Waals surface area contributed by atoms with E-state index >= 15 is 0 Å². The van der Waals surface area contributed by atoms with Gasteiger partial charge in [0.15, 0.2) is 0 Å². The Labute approximate surface area is 157 Å². The maximum Gasteiger partial charge on any atom is 0.244 e. The molecular formula is C19H20ClFN4O. The number of halogens is 2. The lowest BCUT2D eigenvalue weighted by Gasteiger charge is -2.21. The van der Waals surface area contributed by atoms with Gasteiger partial charge in [0.1, 0.15) is 11.9 Å². The SMILES string of the molecule is CN(Cc1cnn(-c2ccc(F)cc2)c1)C(=O)[C@H](N)c1ccccc1.Cl. The van der Waals surface area contributed by atoms with Crippen LogP contribution in [0.5, 0.6) is 0 Å². The van der Waals surface area contributed by atoms with Gasteiger partial charge in [-0.15, -0.1) is 12.4 Å². The van der Waals surface area contributed by atoms with Crippen LogP contribution in [-0.4, -0.2) is 27.6 Å². The summed E-state index contributed by atoms with van der Waals surface area (Å²) in [5.74, 6) is -0.461. The Morgan fingerprint density at radius 3 is 2.50 bits per heavy atom. The Morgan fingerprint density at radius 1 is 1.19 bits per heavy atom. The van der Waals surface area contributed by atoms with Crippen LogP contribution in [0.15, 0.2) is 67.0 Å². The first kappa shape index (κ1) is 19.6. The van der Waals surface area contributed by atoms with Gasteiger partial charge in [-0.2, -0.15) is 5.10 Å². The molecule has 136 valence electrons. The molecule has 26 heavy (non-hydrogen) atoms. The van der Waals surface area contributed by atoms with E-state index in [0.29, 0.717) is 6.54 Å². The van der Waals surface area contributed by atoms with E-state index in [1.807, 2.05) is 36.5 Å². The lowest BCUT2D eigenvalue weighted by molar-refractivity contribution is -0.131. The van der Waals surface area contributed by atoms with Crippen LogP contribution in [0.2, 0.25) is 0 Å². The van der Waals surface area contributed by atoms with Gasteiger partial charge >= 0.3 is 0 Å². The van der Waals surface area contributed by atoms with E-state index in [1.165, 1.54) is 12.1 Å². The fourth-order valence-corrected chi connectivity index (χ4v) is 2.57. The summed E-state index contributed by atoms with van der Waals surface area (Å²) >= 11 is 0. The summed E-state index contributed by atoms with van der Waals surface area (Å²) in [5.41, 5.74) is 8.45. The normalized spacial score (nSPS) is 11.5. The molecule has 0 spiro atoms. The van der Waals surface area contributed by atoms with Crippen molar-refractivity contribution in [1.82, 2.24) is 14.7 Å². The second kappa shape index (κ2) is 8.60. The number of nitrogens with zero attached hydrogens (tertiary/aromatic N) is 3. The van der Waals surface area contributed by atoms with Crippen LogP contribution in [-0.2, 0) is 11.3 Å². The van der Waals surface area contributed by atoms with Gasteiger partial charge in [-0.05, 0) is 29.8 Å². The van der Waals surface area contributed by atoms with Crippen molar-refractivity contribution in [3.63, 3.8) is 0 Å². The summed E-state index contributed by atoms with van der Waals surface area (Å²) in [5, 5.41) is 4.26. The second-order valence-corrected chi connectivity index (χ2v) is 5.85. The number of nitrogens with two attached hydrogens (primary N) is 1. The van der Waals surface area contributed by atoms with Crippen LogP contribution in [0, 0.1) is 5.82 Å². The number of benzene rings is 2. The lowest BCUT2D eigenvalue weighted by atomic mass is 10.1. The highest BCUT2D eigenvalue weighted by Crippen LogP contribution is 2.15. The van der Waals surface area contributed by atoms with E-state index in [9.17, 15) is 9.18 Å². The van der Waals surface area contributed by atoms with Gasteiger partial charge in [0.25, 0.3) is 0 Å². The largest absolute Gasteiger partial charge is 0.340 e. The van der Waals surface area contributed by atoms with Crippen molar-refractivity contribution in [1.29, 1.82) is 0 Å². The predicted molar refractivity (Wildman–Crippen MR) is 101 cm³/mol. The van der Waals surface area contributed by atoms with Gasteiger partial charge in [0.05, 0.1) is 11.9 Å². The summed E-state index contributed by atoms with van der Waals surface area (Å²) in [6, 6.07) is 14.6. The van der Waals surface area contributed by atoms with Crippen molar-refractivity contribution in [2.24, 2.45) is 5.73 Å². The van der Waals surface area contributed by atoms with E-state index < -0.39 is 6.04 Å². The Balaban J connectivity index is 0.00000243. The fraction of sp³-hybridized carbons (Fsp3) is 0.158. The molecule has 0 aliphatic heterocycles. The minimum atomic E-state index is -0.696. The number of rotatable bonds is 5. The molecule has 0 aliphatic carbocycles. The summed E-state index contributed by atoms with van der Waals surface area (Å²) in [6.07, 6.45) is 3.49. The quantitative estimate of drug-likeness (QED) is 0.746. The number of hydrogen-bond donors (Lipinski definition) is 1. The molecule has 7 heteroatoms. The van der Waals surface area contributed by atoms with Crippen LogP contribution in [0.4, 0.5) is 4.39 Å². The number of carbonyl (C=O) groups is 1. The molecule has 0 aliphatic rings. The third-order valence-electron chi connectivity index (χ3n) is 3.95. The molecule has 1 aromatic heterocycles.